The predicted octanol–water partition coefficient (Wildman–Crippen LogP) is 0.919. The van der Waals surface area contributed by atoms with E-state index < -0.39 is 21.6 Å². The van der Waals surface area contributed by atoms with E-state index in [1.54, 1.807) is 0 Å². The minimum atomic E-state index is -4.62. The fraction of sp³-hybridized carbons (Fsp3) is 0.750. The van der Waals surface area contributed by atoms with E-state index in [-0.39, 0.29) is 0 Å². The maximum Gasteiger partial charge on any atom is 0.415 e. The third-order valence-electron chi connectivity index (χ3n) is 0.678. The van der Waals surface area contributed by atoms with Crippen LogP contribution in [0.2, 0.25) is 0 Å². The highest BCUT2D eigenvalue weighted by Crippen LogP contribution is 2.16. The number of methoxy groups -OCH3 is 1. The Bertz CT molecular complexity index is 189. The SMILES string of the molecule is CO/C(=[S-](/C)=O)C(F)(F)F. The molecule has 0 aliphatic carbocycles. The highest BCUT2D eigenvalue weighted by Gasteiger charge is 2.30. The fourth-order valence-electron chi connectivity index (χ4n) is 0.396. The Morgan fingerprint density at radius 3 is 1.90 bits per heavy atom. The molecule has 0 aromatic rings. The van der Waals surface area contributed by atoms with Crippen LogP contribution in [0.3, 0.4) is 0 Å². The van der Waals surface area contributed by atoms with Crippen molar-refractivity contribution in [2.75, 3.05) is 13.4 Å². The van der Waals surface area contributed by atoms with Crippen LogP contribution in [0.25, 0.3) is 0 Å². The molecule has 0 radical (unpaired) electrons. The van der Waals surface area contributed by atoms with E-state index >= 15 is 0 Å². The van der Waals surface area contributed by atoms with Crippen LogP contribution in [0.4, 0.5) is 13.2 Å². The van der Waals surface area contributed by atoms with Crippen molar-refractivity contribution in [2.24, 2.45) is 0 Å². The van der Waals surface area contributed by atoms with E-state index in [0.717, 1.165) is 13.4 Å². The zero-order valence-electron chi connectivity index (χ0n) is 5.36. The smallest absolute Gasteiger partial charge is 0.415 e. The van der Waals surface area contributed by atoms with Crippen LogP contribution in [-0.2, 0) is 19.3 Å². The van der Waals surface area contributed by atoms with Gasteiger partial charge in [0.15, 0.2) is 0 Å². The third kappa shape index (κ3) is 2.57. The monoisotopic (exact) mass is 175 g/mol. The molecule has 62 valence electrons. The minimum absolute atomic E-state index is 0.838. The summed E-state index contributed by atoms with van der Waals surface area (Å²) in [6.45, 7) is 0. The molecule has 0 amide bonds. The molecule has 0 atom stereocenters. The molecule has 0 aliphatic rings. The van der Waals surface area contributed by atoms with Crippen molar-refractivity contribution in [2.45, 2.75) is 6.18 Å². The summed E-state index contributed by atoms with van der Waals surface area (Å²) >= 11 is 0. The maximum absolute atomic E-state index is 11.6. The number of hydrogen-bond acceptors (Lipinski definition) is 3. The largest absolute Gasteiger partial charge is 0.459 e. The van der Waals surface area contributed by atoms with Crippen molar-refractivity contribution in [3.05, 3.63) is 0 Å². The first kappa shape index (κ1) is 9.77. The van der Waals surface area contributed by atoms with E-state index in [4.69, 9.17) is 0 Å². The molecule has 0 fully saturated rings. The van der Waals surface area contributed by atoms with Crippen molar-refractivity contribution in [1.82, 2.24) is 0 Å². The average molecular weight is 175 g/mol. The van der Waals surface area contributed by atoms with Crippen LogP contribution in [0.1, 0.15) is 0 Å². The van der Waals surface area contributed by atoms with Gasteiger partial charge >= 0.3 is 6.18 Å². The Labute approximate surface area is 58.0 Å². The lowest BCUT2D eigenvalue weighted by Crippen LogP contribution is -2.26. The van der Waals surface area contributed by atoms with Gasteiger partial charge in [0.25, 0.3) is 0 Å². The van der Waals surface area contributed by atoms with Crippen molar-refractivity contribution in [3.63, 3.8) is 0 Å². The molecule has 2 nitrogen and oxygen atoms in total. The molecule has 0 heterocycles. The molecular formula is C4H6F3O2S-. The van der Waals surface area contributed by atoms with Crippen molar-refractivity contribution in [3.8, 4) is 0 Å². The van der Waals surface area contributed by atoms with Gasteiger partial charge in [0.2, 0.25) is 0 Å². The molecule has 0 rings (SSSR count). The summed E-state index contributed by atoms with van der Waals surface area (Å²) in [5.41, 5.74) is 0. The van der Waals surface area contributed by atoms with Crippen LogP contribution in [0.15, 0.2) is 0 Å². The summed E-state index contributed by atoms with van der Waals surface area (Å²) in [6.07, 6.45) is -3.71. The van der Waals surface area contributed by atoms with Crippen molar-refractivity contribution >= 4 is 15.4 Å². The third-order valence-corrected chi connectivity index (χ3v) is 1.60. The quantitative estimate of drug-likeness (QED) is 0.404. The van der Waals surface area contributed by atoms with E-state index in [0.29, 0.717) is 0 Å². The number of ether oxygens (including phenoxy) is 1. The number of alkyl halides is 3. The van der Waals surface area contributed by atoms with E-state index in [2.05, 4.69) is 4.74 Å². The van der Waals surface area contributed by atoms with Gasteiger partial charge < -0.3 is 8.95 Å². The highest BCUT2D eigenvalue weighted by atomic mass is 32.2. The first-order chi connectivity index (χ1) is 4.39. The van der Waals surface area contributed by atoms with Crippen LogP contribution in [-0.4, -0.2) is 24.6 Å². The molecule has 6 heteroatoms. The van der Waals surface area contributed by atoms with Crippen LogP contribution >= 0.6 is 0 Å². The van der Waals surface area contributed by atoms with Gasteiger partial charge in [0, 0.05) is 7.11 Å². The summed E-state index contributed by atoms with van der Waals surface area (Å²) < 4.78 is 49.0. The lowest BCUT2D eigenvalue weighted by molar-refractivity contribution is -0.0722. The first-order valence-electron chi connectivity index (χ1n) is 2.21. The number of halogens is 3. The van der Waals surface area contributed by atoms with Gasteiger partial charge in [-0.1, -0.05) is 0 Å². The van der Waals surface area contributed by atoms with Crippen LogP contribution in [0.5, 0.6) is 0 Å². The molecular weight excluding hydrogens is 169 g/mol. The standard InChI is InChI=1S/C4H6F3O2S/c1-9-3(10(2)8)4(5,6)7/h1-2H3/q-1. The van der Waals surface area contributed by atoms with Crippen molar-refractivity contribution in [1.29, 1.82) is 0 Å². The summed E-state index contributed by atoms with van der Waals surface area (Å²) in [6, 6.07) is 0. The normalized spacial score (nSPS) is 16.7. The van der Waals surface area contributed by atoms with E-state index in [1.807, 2.05) is 0 Å². The Hall–Kier alpha value is -0.230. The molecule has 0 saturated carbocycles. The number of hydrogen-bond donors (Lipinski definition) is 0. The van der Waals surface area contributed by atoms with Gasteiger partial charge in [-0.15, -0.1) is 6.26 Å². The molecule has 0 aromatic carbocycles. The molecule has 0 spiro atoms. The summed E-state index contributed by atoms with van der Waals surface area (Å²) in [5.74, 6) is 0. The minimum Gasteiger partial charge on any atom is -0.459 e. The fourth-order valence-corrected chi connectivity index (χ4v) is 0.957. The number of rotatable bonds is 0. The van der Waals surface area contributed by atoms with Crippen LogP contribution in [0, 0.1) is 0 Å². The predicted molar refractivity (Wildman–Crippen MR) is 32.0 cm³/mol. The molecule has 10 heavy (non-hydrogen) atoms. The zero-order valence-corrected chi connectivity index (χ0v) is 6.18. The maximum atomic E-state index is 11.6. The summed E-state index contributed by atoms with van der Waals surface area (Å²) in [5, 5.41) is -1.35. The van der Waals surface area contributed by atoms with Gasteiger partial charge in [0.1, 0.15) is 0 Å². The second kappa shape index (κ2) is 3.25. The van der Waals surface area contributed by atoms with E-state index in [1.165, 1.54) is 0 Å². The lowest BCUT2D eigenvalue weighted by Gasteiger charge is -2.13. The zero-order chi connectivity index (χ0) is 8.36. The van der Waals surface area contributed by atoms with Gasteiger partial charge in [-0.25, -0.2) is 10.4 Å². The van der Waals surface area contributed by atoms with Crippen molar-refractivity contribution < 1.29 is 22.1 Å². The van der Waals surface area contributed by atoms with Gasteiger partial charge in [-0.2, -0.15) is 13.2 Å². The summed E-state index contributed by atoms with van der Waals surface area (Å²) in [4.78, 5) is 0. The molecule has 0 aliphatic heterocycles. The van der Waals surface area contributed by atoms with Gasteiger partial charge in [-0.3, -0.25) is 0 Å². The van der Waals surface area contributed by atoms with Gasteiger partial charge in [-0.05, 0) is 0 Å². The van der Waals surface area contributed by atoms with Gasteiger partial charge in [0.05, 0.1) is 5.05 Å². The highest BCUT2D eigenvalue weighted by molar-refractivity contribution is 7.84. The Balaban J connectivity index is 4.73. The summed E-state index contributed by atoms with van der Waals surface area (Å²) in [7, 11) is -1.27. The molecule has 0 N–H and O–H groups in total. The Morgan fingerprint density at radius 2 is 1.90 bits per heavy atom. The Morgan fingerprint density at radius 1 is 1.50 bits per heavy atom. The lowest BCUT2D eigenvalue weighted by atomic mass is 10.7. The molecule has 0 bridgehead atoms. The average Bonchev–Trinajstić information content (AvgIpc) is 1.60. The van der Waals surface area contributed by atoms with E-state index in [9.17, 15) is 17.4 Å². The van der Waals surface area contributed by atoms with Crippen LogP contribution < -0.4 is 0 Å². The molecule has 0 saturated heterocycles. The second-order valence-electron chi connectivity index (χ2n) is 1.44. The molecule has 0 unspecified atom stereocenters. The Kier molecular flexibility index (Phi) is 3.17. The first-order valence-corrected chi connectivity index (χ1v) is 3.77. The molecule has 0 aromatic heterocycles. The topological polar surface area (TPSA) is 26.3 Å². The second-order valence-corrected chi connectivity index (χ2v) is 2.72.